The molecule has 2 nitrogen and oxygen atoms in total. The Kier molecular flexibility index (Phi) is 4.56. The minimum atomic E-state index is -0.306. The second-order valence-electron chi connectivity index (χ2n) is 4.50. The lowest BCUT2D eigenvalue weighted by Crippen LogP contribution is -2.17. The number of nitrogens with two attached hydrogens (primary N) is 1. The summed E-state index contributed by atoms with van der Waals surface area (Å²) in [6.45, 7) is 1.97. The smallest absolute Gasteiger partial charge is 0.137 e. The monoisotopic (exact) mass is 323 g/mol. The van der Waals surface area contributed by atoms with Gasteiger partial charge in [-0.3, -0.25) is 0 Å². The van der Waals surface area contributed by atoms with Crippen LogP contribution in [-0.2, 0) is 6.42 Å². The molecule has 2 aromatic carbocycles. The highest BCUT2D eigenvalue weighted by molar-refractivity contribution is 9.10. The van der Waals surface area contributed by atoms with Gasteiger partial charge in [-0.25, -0.2) is 4.39 Å². The lowest BCUT2D eigenvalue weighted by Gasteiger charge is -2.08. The molecule has 0 heterocycles. The molecule has 0 fully saturated rings. The average molecular weight is 324 g/mol. The van der Waals surface area contributed by atoms with Gasteiger partial charge in [0.1, 0.15) is 17.3 Å². The maximum Gasteiger partial charge on any atom is 0.137 e. The Bertz CT molecular complexity index is 555. The van der Waals surface area contributed by atoms with Crippen LogP contribution in [0.2, 0.25) is 0 Å². The summed E-state index contributed by atoms with van der Waals surface area (Å²) in [5, 5.41) is 0. The van der Waals surface area contributed by atoms with Crippen LogP contribution >= 0.6 is 15.9 Å². The molecule has 100 valence electrons. The first-order valence-corrected chi connectivity index (χ1v) is 6.81. The molecule has 2 rings (SSSR count). The van der Waals surface area contributed by atoms with Gasteiger partial charge in [0.25, 0.3) is 0 Å². The van der Waals surface area contributed by atoms with E-state index in [0.29, 0.717) is 16.0 Å². The van der Waals surface area contributed by atoms with Crippen LogP contribution in [0.15, 0.2) is 46.9 Å². The SMILES string of the molecule is CC(N)Cc1ccc(Oc2ccc(F)c(Br)c2)cc1. The first-order chi connectivity index (χ1) is 9.04. The van der Waals surface area contributed by atoms with Crippen molar-refractivity contribution < 1.29 is 9.13 Å². The second kappa shape index (κ2) is 6.17. The van der Waals surface area contributed by atoms with Crippen molar-refractivity contribution >= 4 is 15.9 Å². The summed E-state index contributed by atoms with van der Waals surface area (Å²) in [5.41, 5.74) is 6.91. The molecule has 2 aromatic rings. The first-order valence-electron chi connectivity index (χ1n) is 6.02. The van der Waals surface area contributed by atoms with Crippen LogP contribution in [0, 0.1) is 5.82 Å². The third kappa shape index (κ3) is 4.04. The molecular formula is C15H15BrFNO. The van der Waals surface area contributed by atoms with E-state index in [9.17, 15) is 4.39 Å². The molecule has 0 aliphatic heterocycles. The zero-order valence-corrected chi connectivity index (χ0v) is 12.2. The minimum absolute atomic E-state index is 0.139. The Morgan fingerprint density at radius 2 is 1.79 bits per heavy atom. The van der Waals surface area contributed by atoms with Crippen LogP contribution in [0.3, 0.4) is 0 Å². The van der Waals surface area contributed by atoms with Crippen molar-refractivity contribution in [2.24, 2.45) is 5.73 Å². The van der Waals surface area contributed by atoms with E-state index < -0.39 is 0 Å². The molecule has 0 aliphatic rings. The van der Waals surface area contributed by atoms with E-state index >= 15 is 0 Å². The lowest BCUT2D eigenvalue weighted by molar-refractivity contribution is 0.479. The third-order valence-electron chi connectivity index (χ3n) is 2.61. The van der Waals surface area contributed by atoms with Gasteiger partial charge in [-0.05, 0) is 65.2 Å². The number of hydrogen-bond donors (Lipinski definition) is 1. The van der Waals surface area contributed by atoms with E-state index in [1.165, 1.54) is 11.6 Å². The summed E-state index contributed by atoms with van der Waals surface area (Å²) in [7, 11) is 0. The molecule has 1 atom stereocenters. The Morgan fingerprint density at radius 1 is 1.16 bits per heavy atom. The Balaban J connectivity index is 2.08. The molecule has 0 spiro atoms. The Morgan fingerprint density at radius 3 is 2.37 bits per heavy atom. The van der Waals surface area contributed by atoms with Gasteiger partial charge < -0.3 is 10.5 Å². The zero-order chi connectivity index (χ0) is 13.8. The van der Waals surface area contributed by atoms with Gasteiger partial charge in [0.2, 0.25) is 0 Å². The predicted molar refractivity (Wildman–Crippen MR) is 78.0 cm³/mol. The molecule has 0 aliphatic carbocycles. The number of halogens is 2. The van der Waals surface area contributed by atoms with E-state index in [-0.39, 0.29) is 11.9 Å². The van der Waals surface area contributed by atoms with Gasteiger partial charge in [0, 0.05) is 6.04 Å². The maximum absolute atomic E-state index is 13.1. The maximum atomic E-state index is 13.1. The summed E-state index contributed by atoms with van der Waals surface area (Å²) in [4.78, 5) is 0. The highest BCUT2D eigenvalue weighted by Gasteiger charge is 2.03. The minimum Gasteiger partial charge on any atom is -0.457 e. The Labute approximate surface area is 120 Å². The second-order valence-corrected chi connectivity index (χ2v) is 5.36. The van der Waals surface area contributed by atoms with Gasteiger partial charge in [-0.15, -0.1) is 0 Å². The van der Waals surface area contributed by atoms with Crippen molar-refractivity contribution in [3.63, 3.8) is 0 Å². The fraction of sp³-hybridized carbons (Fsp3) is 0.200. The van der Waals surface area contributed by atoms with Crippen LogP contribution < -0.4 is 10.5 Å². The predicted octanol–water partition coefficient (Wildman–Crippen LogP) is 4.27. The molecule has 0 amide bonds. The summed E-state index contributed by atoms with van der Waals surface area (Å²) in [6, 6.07) is 12.4. The van der Waals surface area contributed by atoms with Crippen LogP contribution in [0.25, 0.3) is 0 Å². The van der Waals surface area contributed by atoms with Crippen molar-refractivity contribution in [3.8, 4) is 11.5 Å². The molecule has 4 heteroatoms. The number of ether oxygens (including phenoxy) is 1. The zero-order valence-electron chi connectivity index (χ0n) is 10.6. The van der Waals surface area contributed by atoms with Gasteiger partial charge >= 0.3 is 0 Å². The summed E-state index contributed by atoms with van der Waals surface area (Å²) >= 11 is 3.13. The molecule has 0 saturated carbocycles. The molecule has 0 aromatic heterocycles. The summed E-state index contributed by atoms with van der Waals surface area (Å²) in [6.07, 6.45) is 0.836. The standard InChI is InChI=1S/C15H15BrFNO/c1-10(18)8-11-2-4-12(5-3-11)19-13-6-7-15(17)14(16)9-13/h2-7,9-10H,8,18H2,1H3. The van der Waals surface area contributed by atoms with Crippen LogP contribution in [-0.4, -0.2) is 6.04 Å². The van der Waals surface area contributed by atoms with Crippen molar-refractivity contribution in [2.45, 2.75) is 19.4 Å². The van der Waals surface area contributed by atoms with Crippen molar-refractivity contribution in [1.82, 2.24) is 0 Å². The summed E-state index contributed by atoms with van der Waals surface area (Å²) in [5.74, 6) is 1.000. The average Bonchev–Trinajstić information content (AvgIpc) is 2.36. The topological polar surface area (TPSA) is 35.2 Å². The number of hydrogen-bond acceptors (Lipinski definition) is 2. The van der Waals surface area contributed by atoms with Crippen molar-refractivity contribution in [1.29, 1.82) is 0 Å². The lowest BCUT2D eigenvalue weighted by atomic mass is 10.1. The van der Waals surface area contributed by atoms with Crippen molar-refractivity contribution in [3.05, 3.63) is 58.3 Å². The van der Waals surface area contributed by atoms with Crippen LogP contribution in [0.1, 0.15) is 12.5 Å². The molecule has 0 saturated heterocycles. The van der Waals surface area contributed by atoms with Gasteiger partial charge in [-0.1, -0.05) is 12.1 Å². The number of benzene rings is 2. The molecule has 19 heavy (non-hydrogen) atoms. The van der Waals surface area contributed by atoms with E-state index in [1.54, 1.807) is 12.1 Å². The highest BCUT2D eigenvalue weighted by Crippen LogP contribution is 2.26. The van der Waals surface area contributed by atoms with E-state index in [0.717, 1.165) is 6.42 Å². The van der Waals surface area contributed by atoms with E-state index in [1.807, 2.05) is 31.2 Å². The van der Waals surface area contributed by atoms with Crippen LogP contribution in [0.5, 0.6) is 11.5 Å². The molecule has 0 radical (unpaired) electrons. The first kappa shape index (κ1) is 14.0. The molecule has 1 unspecified atom stereocenters. The molecule has 2 N–H and O–H groups in total. The quantitative estimate of drug-likeness (QED) is 0.911. The van der Waals surface area contributed by atoms with Crippen LogP contribution in [0.4, 0.5) is 4.39 Å². The highest BCUT2D eigenvalue weighted by atomic mass is 79.9. The fourth-order valence-electron chi connectivity index (χ4n) is 1.74. The van der Waals surface area contributed by atoms with E-state index in [4.69, 9.17) is 10.5 Å². The molecule has 0 bridgehead atoms. The third-order valence-corrected chi connectivity index (χ3v) is 3.22. The van der Waals surface area contributed by atoms with Gasteiger partial charge in [0.05, 0.1) is 4.47 Å². The van der Waals surface area contributed by atoms with Gasteiger partial charge in [0.15, 0.2) is 0 Å². The largest absolute Gasteiger partial charge is 0.457 e. The fourth-order valence-corrected chi connectivity index (χ4v) is 2.10. The summed E-state index contributed by atoms with van der Waals surface area (Å²) < 4.78 is 19.1. The normalized spacial score (nSPS) is 12.2. The van der Waals surface area contributed by atoms with E-state index in [2.05, 4.69) is 15.9 Å². The number of rotatable bonds is 4. The molecular weight excluding hydrogens is 309 g/mol. The van der Waals surface area contributed by atoms with Crippen molar-refractivity contribution in [2.75, 3.05) is 0 Å². The Hall–Kier alpha value is -1.39. The van der Waals surface area contributed by atoms with Gasteiger partial charge in [-0.2, -0.15) is 0 Å².